The fourth-order valence-corrected chi connectivity index (χ4v) is 4.87. The van der Waals surface area contributed by atoms with Crippen molar-refractivity contribution in [3.05, 3.63) is 32.8 Å². The minimum Gasteiger partial charge on any atom is -0.311 e. The first-order valence-corrected chi connectivity index (χ1v) is 8.68. The summed E-state index contributed by atoms with van der Waals surface area (Å²) in [7, 11) is -3.90. The maximum atomic E-state index is 12.9. The fraction of sp³-hybridized carbons (Fsp3) is 0.538. The molecule has 122 valence electrons. The van der Waals surface area contributed by atoms with Crippen LogP contribution in [0.25, 0.3) is 0 Å². The summed E-state index contributed by atoms with van der Waals surface area (Å²) < 4.78 is 27.1. The van der Waals surface area contributed by atoms with Gasteiger partial charge in [-0.15, -0.1) is 0 Å². The molecule has 2 rings (SSSR count). The van der Waals surface area contributed by atoms with Crippen LogP contribution in [0.2, 0.25) is 5.02 Å². The maximum absolute atomic E-state index is 12.9. The Hall–Kier alpha value is -1.22. The number of nitrogens with one attached hydrogen (secondary N) is 1. The molecule has 0 amide bonds. The van der Waals surface area contributed by atoms with Crippen LogP contribution in [0, 0.1) is 17.0 Å². The van der Waals surface area contributed by atoms with Crippen LogP contribution in [0.1, 0.15) is 19.4 Å². The van der Waals surface area contributed by atoms with Crippen molar-refractivity contribution in [2.45, 2.75) is 37.8 Å². The van der Waals surface area contributed by atoms with Crippen molar-refractivity contribution in [3.8, 4) is 0 Å². The van der Waals surface area contributed by atoms with E-state index in [0.29, 0.717) is 18.7 Å². The molecular weight excluding hydrogens is 330 g/mol. The highest BCUT2D eigenvalue weighted by molar-refractivity contribution is 7.89. The molecule has 2 atom stereocenters. The lowest BCUT2D eigenvalue weighted by Gasteiger charge is -2.37. The monoisotopic (exact) mass is 347 g/mol. The van der Waals surface area contributed by atoms with Crippen molar-refractivity contribution in [1.29, 1.82) is 0 Å². The van der Waals surface area contributed by atoms with Gasteiger partial charge < -0.3 is 5.32 Å². The van der Waals surface area contributed by atoms with E-state index in [4.69, 9.17) is 11.6 Å². The number of hydrogen-bond donors (Lipinski definition) is 1. The lowest BCUT2D eigenvalue weighted by atomic mass is 10.1. The zero-order valence-electron chi connectivity index (χ0n) is 12.5. The molecule has 1 fully saturated rings. The first kappa shape index (κ1) is 17.1. The summed E-state index contributed by atoms with van der Waals surface area (Å²) in [5.74, 6) is 0. The number of nitrogens with zero attached hydrogens (tertiary/aromatic N) is 2. The number of halogens is 1. The molecule has 22 heavy (non-hydrogen) atoms. The van der Waals surface area contributed by atoms with Gasteiger partial charge in [0, 0.05) is 31.2 Å². The molecule has 0 radical (unpaired) electrons. The highest BCUT2D eigenvalue weighted by Gasteiger charge is 2.37. The topological polar surface area (TPSA) is 92.5 Å². The van der Waals surface area contributed by atoms with Gasteiger partial charge in [-0.2, -0.15) is 4.31 Å². The lowest BCUT2D eigenvalue weighted by Crippen LogP contribution is -2.57. The third kappa shape index (κ3) is 2.96. The van der Waals surface area contributed by atoms with Crippen LogP contribution in [0.3, 0.4) is 0 Å². The van der Waals surface area contributed by atoms with E-state index in [9.17, 15) is 18.5 Å². The van der Waals surface area contributed by atoms with Gasteiger partial charge in [-0.05, 0) is 32.4 Å². The molecule has 1 aromatic carbocycles. The van der Waals surface area contributed by atoms with Gasteiger partial charge in [0.15, 0.2) is 0 Å². The molecule has 1 N–H and O–H groups in total. The van der Waals surface area contributed by atoms with Crippen LogP contribution in [0.4, 0.5) is 5.69 Å². The number of nitro benzene ring substituents is 1. The van der Waals surface area contributed by atoms with Gasteiger partial charge in [-0.25, -0.2) is 8.42 Å². The summed E-state index contributed by atoms with van der Waals surface area (Å²) in [6, 6.07) is 2.37. The number of piperazine rings is 1. The Balaban J connectivity index is 2.57. The molecule has 2 unspecified atom stereocenters. The number of sulfonamides is 1. The van der Waals surface area contributed by atoms with E-state index in [1.54, 1.807) is 13.8 Å². The molecule has 0 saturated carbocycles. The number of benzene rings is 1. The number of rotatable bonds is 3. The van der Waals surface area contributed by atoms with Crippen LogP contribution < -0.4 is 5.32 Å². The van der Waals surface area contributed by atoms with Crippen molar-refractivity contribution in [3.63, 3.8) is 0 Å². The second kappa shape index (κ2) is 6.11. The van der Waals surface area contributed by atoms with E-state index in [2.05, 4.69) is 5.32 Å². The summed E-state index contributed by atoms with van der Waals surface area (Å²) in [5.41, 5.74) is 0.0848. The summed E-state index contributed by atoms with van der Waals surface area (Å²) >= 11 is 6.00. The lowest BCUT2D eigenvalue weighted by molar-refractivity contribution is -0.385. The number of aryl methyl sites for hydroxylation is 1. The molecule has 1 aliphatic rings. The largest absolute Gasteiger partial charge is 0.311 e. The van der Waals surface area contributed by atoms with Crippen molar-refractivity contribution < 1.29 is 13.3 Å². The summed E-state index contributed by atoms with van der Waals surface area (Å²) in [4.78, 5) is 10.2. The Morgan fingerprint density at radius 3 is 2.64 bits per heavy atom. The van der Waals surface area contributed by atoms with Gasteiger partial charge >= 0.3 is 0 Å². The molecule has 1 heterocycles. The number of hydrogen-bond acceptors (Lipinski definition) is 5. The molecule has 0 aliphatic carbocycles. The quantitative estimate of drug-likeness (QED) is 0.666. The van der Waals surface area contributed by atoms with E-state index in [1.807, 2.05) is 6.92 Å². The molecule has 1 aromatic rings. The normalized spacial score (nSPS) is 23.5. The van der Waals surface area contributed by atoms with Crippen LogP contribution in [0.5, 0.6) is 0 Å². The average Bonchev–Trinajstić information content (AvgIpc) is 2.43. The van der Waals surface area contributed by atoms with E-state index in [1.165, 1.54) is 16.4 Å². The smallest absolute Gasteiger partial charge is 0.289 e. The van der Waals surface area contributed by atoms with Crippen LogP contribution in [-0.4, -0.2) is 42.8 Å². The van der Waals surface area contributed by atoms with Crippen LogP contribution in [-0.2, 0) is 10.0 Å². The Kier molecular flexibility index (Phi) is 4.76. The van der Waals surface area contributed by atoms with E-state index >= 15 is 0 Å². The Morgan fingerprint density at radius 1 is 1.41 bits per heavy atom. The third-order valence-corrected chi connectivity index (χ3v) is 6.44. The van der Waals surface area contributed by atoms with Crippen molar-refractivity contribution in [1.82, 2.24) is 9.62 Å². The predicted octanol–water partition coefficient (Wildman–Crippen LogP) is 1.93. The van der Waals surface area contributed by atoms with E-state index in [-0.39, 0.29) is 22.0 Å². The van der Waals surface area contributed by atoms with Gasteiger partial charge in [0.2, 0.25) is 10.0 Å². The maximum Gasteiger partial charge on any atom is 0.289 e. The minimum atomic E-state index is -3.90. The Morgan fingerprint density at radius 2 is 2.05 bits per heavy atom. The fourth-order valence-electron chi connectivity index (χ4n) is 2.53. The molecule has 1 aliphatic heterocycles. The highest BCUT2D eigenvalue weighted by atomic mass is 35.5. The van der Waals surface area contributed by atoms with Crippen LogP contribution >= 0.6 is 11.6 Å². The van der Waals surface area contributed by atoms with Gasteiger partial charge in [0.25, 0.3) is 5.69 Å². The Bertz CT molecular complexity index is 707. The third-order valence-electron chi connectivity index (χ3n) is 3.92. The van der Waals surface area contributed by atoms with Crippen molar-refractivity contribution in [2.75, 3.05) is 13.1 Å². The first-order chi connectivity index (χ1) is 10.2. The van der Waals surface area contributed by atoms with E-state index < -0.39 is 20.6 Å². The van der Waals surface area contributed by atoms with Gasteiger partial charge in [0.1, 0.15) is 9.92 Å². The van der Waals surface area contributed by atoms with Crippen molar-refractivity contribution >= 4 is 27.3 Å². The van der Waals surface area contributed by atoms with Gasteiger partial charge in [-0.3, -0.25) is 10.1 Å². The molecule has 9 heteroatoms. The average molecular weight is 348 g/mol. The number of nitro groups is 1. The van der Waals surface area contributed by atoms with Gasteiger partial charge in [-0.1, -0.05) is 11.6 Å². The zero-order valence-corrected chi connectivity index (χ0v) is 14.1. The minimum absolute atomic E-state index is 0.0119. The van der Waals surface area contributed by atoms with Crippen LogP contribution in [0.15, 0.2) is 17.0 Å². The van der Waals surface area contributed by atoms with Gasteiger partial charge in [0.05, 0.1) is 4.92 Å². The standard InChI is InChI=1S/C13H18ClN3O4S/c1-8-6-11(17(18)19)13(14)12(7-8)22(20,21)16-5-4-15-9(2)10(16)3/h6-7,9-10,15H,4-5H2,1-3H3. The van der Waals surface area contributed by atoms with Crippen molar-refractivity contribution in [2.24, 2.45) is 0 Å². The molecule has 1 saturated heterocycles. The first-order valence-electron chi connectivity index (χ1n) is 6.86. The summed E-state index contributed by atoms with van der Waals surface area (Å²) in [6.07, 6.45) is 0. The molecule has 0 bridgehead atoms. The van der Waals surface area contributed by atoms with E-state index in [0.717, 1.165) is 0 Å². The Labute approximate surface area is 134 Å². The molecule has 0 spiro atoms. The predicted molar refractivity (Wildman–Crippen MR) is 83.7 cm³/mol. The zero-order chi connectivity index (χ0) is 16.7. The second-order valence-corrected chi connectivity index (χ2v) is 7.69. The highest BCUT2D eigenvalue weighted by Crippen LogP contribution is 2.35. The summed E-state index contributed by atoms with van der Waals surface area (Å²) in [6.45, 7) is 6.12. The second-order valence-electron chi connectivity index (χ2n) is 5.45. The summed E-state index contributed by atoms with van der Waals surface area (Å²) in [5, 5.41) is 13.9. The molecule has 0 aromatic heterocycles. The molecular formula is C13H18ClN3O4S. The SMILES string of the molecule is Cc1cc([N+](=O)[O-])c(Cl)c(S(=O)(=O)N2CCNC(C)C2C)c1. The molecule has 7 nitrogen and oxygen atoms in total.